The van der Waals surface area contributed by atoms with Gasteiger partial charge in [0.15, 0.2) is 0 Å². The van der Waals surface area contributed by atoms with Crippen molar-refractivity contribution >= 4 is 50.5 Å². The monoisotopic (exact) mass is 376 g/mol. The predicted molar refractivity (Wildman–Crippen MR) is 82.8 cm³/mol. The first kappa shape index (κ1) is 15.4. The largest absolute Gasteiger partial charge is 0.325 e. The zero-order valence-electron chi connectivity index (χ0n) is 10.5. The van der Waals surface area contributed by atoms with Crippen molar-refractivity contribution in [3.8, 4) is 0 Å². The third-order valence-electron chi connectivity index (χ3n) is 2.59. The first-order valence-corrected chi connectivity index (χ1v) is 7.95. The van der Waals surface area contributed by atoms with Crippen LogP contribution in [0.3, 0.4) is 0 Å². The lowest BCUT2D eigenvalue weighted by molar-refractivity contribution is -0.115. The molecule has 0 atom stereocenters. The van der Waals surface area contributed by atoms with E-state index >= 15 is 0 Å². The molecule has 0 aliphatic heterocycles. The van der Waals surface area contributed by atoms with Crippen LogP contribution in [-0.2, 0) is 17.1 Å². The van der Waals surface area contributed by atoms with E-state index in [0.29, 0.717) is 26.6 Å². The van der Waals surface area contributed by atoms with Crippen molar-refractivity contribution in [2.75, 3.05) is 5.32 Å². The number of alkyl halides is 1. The molecule has 0 aliphatic rings. The highest BCUT2D eigenvalue weighted by Gasteiger charge is 2.11. The second-order valence-electron chi connectivity index (χ2n) is 4.17. The fraction of sp³-hybridized carbons (Fsp3) is 0.231. The molecular formula is C13H11BrClFN2OS. The summed E-state index contributed by atoms with van der Waals surface area (Å²) in [5.74, 6) is -0.212. The normalized spacial score (nSPS) is 10.6. The van der Waals surface area contributed by atoms with Crippen molar-refractivity contribution in [3.05, 3.63) is 44.1 Å². The lowest BCUT2D eigenvalue weighted by Crippen LogP contribution is -2.15. The first-order valence-electron chi connectivity index (χ1n) is 5.74. The summed E-state index contributed by atoms with van der Waals surface area (Å²) in [4.78, 5) is 16.2. The van der Waals surface area contributed by atoms with Crippen molar-refractivity contribution in [1.82, 2.24) is 4.98 Å². The number of nitrogens with one attached hydrogen (secondary N) is 1. The van der Waals surface area contributed by atoms with Crippen LogP contribution in [-0.4, -0.2) is 10.9 Å². The summed E-state index contributed by atoms with van der Waals surface area (Å²) in [6, 6.07) is 2.92. The second kappa shape index (κ2) is 6.65. The number of hydrogen-bond acceptors (Lipinski definition) is 3. The molecule has 0 fully saturated rings. The summed E-state index contributed by atoms with van der Waals surface area (Å²) in [7, 11) is 0. The molecule has 0 bridgehead atoms. The maximum atomic E-state index is 13.3. The Kier molecular flexibility index (Phi) is 5.12. The van der Waals surface area contributed by atoms with Crippen molar-refractivity contribution in [2.24, 2.45) is 0 Å². The van der Waals surface area contributed by atoms with Crippen LogP contribution in [0.1, 0.15) is 16.3 Å². The van der Waals surface area contributed by atoms with Gasteiger partial charge in [-0.1, -0.05) is 0 Å². The van der Waals surface area contributed by atoms with E-state index in [9.17, 15) is 9.18 Å². The van der Waals surface area contributed by atoms with Gasteiger partial charge >= 0.3 is 0 Å². The van der Waals surface area contributed by atoms with Crippen LogP contribution >= 0.6 is 38.9 Å². The molecule has 20 heavy (non-hydrogen) atoms. The Morgan fingerprint density at radius 3 is 2.95 bits per heavy atom. The summed E-state index contributed by atoms with van der Waals surface area (Å²) in [5.41, 5.74) is 2.01. The molecule has 0 radical (unpaired) electrons. The maximum absolute atomic E-state index is 13.3. The van der Waals surface area contributed by atoms with Gasteiger partial charge in [0.05, 0.1) is 22.5 Å². The number of carbonyl (C=O) groups excluding carboxylic acids is 1. The number of thiazole rings is 1. The SMILES string of the molecule is Cc1cc(F)c(Br)cc1NC(=O)Cc1nc(CCl)cs1. The maximum Gasteiger partial charge on any atom is 0.231 e. The van der Waals surface area contributed by atoms with E-state index < -0.39 is 0 Å². The highest BCUT2D eigenvalue weighted by molar-refractivity contribution is 9.10. The van der Waals surface area contributed by atoms with Crippen molar-refractivity contribution in [2.45, 2.75) is 19.2 Å². The minimum Gasteiger partial charge on any atom is -0.325 e. The number of aromatic nitrogens is 1. The van der Waals surface area contributed by atoms with E-state index in [1.165, 1.54) is 17.4 Å². The Morgan fingerprint density at radius 1 is 1.55 bits per heavy atom. The summed E-state index contributed by atoms with van der Waals surface area (Å²) < 4.78 is 13.6. The summed E-state index contributed by atoms with van der Waals surface area (Å²) >= 11 is 10.2. The van der Waals surface area contributed by atoms with E-state index in [1.807, 2.05) is 5.38 Å². The van der Waals surface area contributed by atoms with Crippen LogP contribution < -0.4 is 5.32 Å². The molecule has 1 heterocycles. The number of hydrogen-bond donors (Lipinski definition) is 1. The summed E-state index contributed by atoms with van der Waals surface area (Å²) in [6.07, 6.45) is 0.177. The topological polar surface area (TPSA) is 42.0 Å². The molecule has 1 aromatic carbocycles. The minimum absolute atomic E-state index is 0.177. The van der Waals surface area contributed by atoms with Gasteiger partial charge in [0.2, 0.25) is 5.91 Å². The van der Waals surface area contributed by atoms with Gasteiger partial charge < -0.3 is 5.32 Å². The molecule has 2 rings (SSSR count). The molecule has 1 aromatic heterocycles. The van der Waals surface area contributed by atoms with Gasteiger partial charge in [-0.2, -0.15) is 0 Å². The average molecular weight is 378 g/mol. The Bertz CT molecular complexity index is 647. The second-order valence-corrected chi connectivity index (χ2v) is 6.24. The zero-order valence-corrected chi connectivity index (χ0v) is 13.7. The van der Waals surface area contributed by atoms with Crippen LogP contribution in [0.15, 0.2) is 22.0 Å². The first-order chi connectivity index (χ1) is 9.49. The van der Waals surface area contributed by atoms with Gasteiger partial charge in [0, 0.05) is 11.1 Å². The lowest BCUT2D eigenvalue weighted by atomic mass is 10.2. The highest BCUT2D eigenvalue weighted by atomic mass is 79.9. The summed E-state index contributed by atoms with van der Waals surface area (Å²) in [5, 5.41) is 5.29. The number of amides is 1. The van der Waals surface area contributed by atoms with Gasteiger partial charge in [0.25, 0.3) is 0 Å². The standard InChI is InChI=1S/C13H11BrClFN2OS/c1-7-2-10(16)9(14)3-11(7)18-12(19)4-13-17-8(5-15)6-20-13/h2-3,6H,4-5H2,1H3,(H,18,19). The molecule has 0 spiro atoms. The van der Waals surface area contributed by atoms with Crippen molar-refractivity contribution < 1.29 is 9.18 Å². The quantitative estimate of drug-likeness (QED) is 0.808. The Labute approximate surface area is 133 Å². The van der Waals surface area contributed by atoms with Crippen LogP contribution in [0, 0.1) is 12.7 Å². The van der Waals surface area contributed by atoms with Crippen LogP contribution in [0.25, 0.3) is 0 Å². The molecule has 0 saturated carbocycles. The fourth-order valence-corrected chi connectivity index (χ4v) is 2.97. The molecule has 3 nitrogen and oxygen atoms in total. The highest BCUT2D eigenvalue weighted by Crippen LogP contribution is 2.24. The van der Waals surface area contributed by atoms with E-state index in [4.69, 9.17) is 11.6 Å². The molecule has 1 N–H and O–H groups in total. The third-order valence-corrected chi connectivity index (χ3v) is 4.37. The van der Waals surface area contributed by atoms with E-state index in [0.717, 1.165) is 5.69 Å². The molecule has 106 valence electrons. The Morgan fingerprint density at radius 2 is 2.30 bits per heavy atom. The van der Waals surface area contributed by atoms with E-state index in [2.05, 4.69) is 26.2 Å². The smallest absolute Gasteiger partial charge is 0.231 e. The molecular weight excluding hydrogens is 367 g/mol. The van der Waals surface area contributed by atoms with Crippen molar-refractivity contribution in [3.63, 3.8) is 0 Å². The zero-order chi connectivity index (χ0) is 14.7. The molecule has 0 unspecified atom stereocenters. The van der Waals surface area contributed by atoms with Crippen LogP contribution in [0.2, 0.25) is 0 Å². The number of carbonyl (C=O) groups is 1. The number of nitrogens with zero attached hydrogens (tertiary/aromatic N) is 1. The van der Waals surface area contributed by atoms with Gasteiger partial charge in [-0.05, 0) is 40.5 Å². The molecule has 2 aromatic rings. The van der Waals surface area contributed by atoms with Gasteiger partial charge in [-0.25, -0.2) is 9.37 Å². The number of benzene rings is 1. The third kappa shape index (κ3) is 3.77. The van der Waals surface area contributed by atoms with Crippen molar-refractivity contribution in [1.29, 1.82) is 0 Å². The van der Waals surface area contributed by atoms with Gasteiger partial charge in [0.1, 0.15) is 10.8 Å². The summed E-state index contributed by atoms with van der Waals surface area (Å²) in [6.45, 7) is 1.74. The number of anilines is 1. The Hall–Kier alpha value is -0.980. The number of halogens is 3. The van der Waals surface area contributed by atoms with E-state index in [-0.39, 0.29) is 18.1 Å². The predicted octanol–water partition coefficient (Wildman–Crippen LogP) is 4.27. The van der Waals surface area contributed by atoms with Gasteiger partial charge in [-0.15, -0.1) is 22.9 Å². The molecule has 0 saturated heterocycles. The molecule has 7 heteroatoms. The Balaban J connectivity index is 2.06. The molecule has 1 amide bonds. The number of rotatable bonds is 4. The average Bonchev–Trinajstić information content (AvgIpc) is 2.83. The number of aryl methyl sites for hydroxylation is 1. The van der Waals surface area contributed by atoms with Crippen LogP contribution in [0.4, 0.5) is 10.1 Å². The lowest BCUT2D eigenvalue weighted by Gasteiger charge is -2.08. The van der Waals surface area contributed by atoms with E-state index in [1.54, 1.807) is 13.0 Å². The fourth-order valence-electron chi connectivity index (χ4n) is 1.60. The molecule has 0 aliphatic carbocycles. The van der Waals surface area contributed by atoms with Gasteiger partial charge in [-0.3, -0.25) is 4.79 Å². The van der Waals surface area contributed by atoms with Crippen LogP contribution in [0.5, 0.6) is 0 Å². The minimum atomic E-state index is -0.354.